The average Bonchev–Trinajstić information content (AvgIpc) is 3.26. The zero-order valence-electron chi connectivity index (χ0n) is 40.2. The van der Waals surface area contributed by atoms with Crippen LogP contribution in [0.3, 0.4) is 0 Å². The number of hydrogen-bond acceptors (Lipinski definition) is 6. The van der Waals surface area contributed by atoms with Gasteiger partial charge in [0.2, 0.25) is 0 Å². The van der Waals surface area contributed by atoms with Gasteiger partial charge in [-0.15, -0.1) is 0 Å². The third-order valence-electron chi connectivity index (χ3n) is 11.0. The molecule has 0 fully saturated rings. The summed E-state index contributed by atoms with van der Waals surface area (Å²) < 4.78 is 16.7. The monoisotopic (exact) mass is 853 g/mol. The van der Waals surface area contributed by atoms with Crippen LogP contribution >= 0.6 is 0 Å². The molecule has 6 nitrogen and oxygen atoms in total. The molecule has 0 aromatic heterocycles. The molecule has 0 saturated heterocycles. The van der Waals surface area contributed by atoms with Gasteiger partial charge in [0.25, 0.3) is 0 Å². The molecule has 0 bridgehead atoms. The third-order valence-corrected chi connectivity index (χ3v) is 11.0. The molecule has 1 unspecified atom stereocenters. The van der Waals surface area contributed by atoms with Crippen LogP contribution in [0.1, 0.15) is 252 Å². The summed E-state index contributed by atoms with van der Waals surface area (Å²) in [5.41, 5.74) is 0. The lowest BCUT2D eigenvalue weighted by Crippen LogP contribution is -2.30. The van der Waals surface area contributed by atoms with Crippen LogP contribution in [0.4, 0.5) is 0 Å². The first kappa shape index (κ1) is 58.1. The highest BCUT2D eigenvalue weighted by Gasteiger charge is 2.19. The number of hydrogen-bond donors (Lipinski definition) is 0. The van der Waals surface area contributed by atoms with E-state index in [0.717, 1.165) is 77.0 Å². The zero-order chi connectivity index (χ0) is 44.4. The zero-order valence-corrected chi connectivity index (χ0v) is 40.2. The van der Waals surface area contributed by atoms with Gasteiger partial charge in [0, 0.05) is 19.3 Å². The van der Waals surface area contributed by atoms with Gasteiger partial charge in [0.05, 0.1) is 0 Å². The quantitative estimate of drug-likeness (QED) is 0.0263. The molecule has 0 heterocycles. The summed E-state index contributed by atoms with van der Waals surface area (Å²) in [4.78, 5) is 37.9. The molecule has 61 heavy (non-hydrogen) atoms. The first-order valence-electron chi connectivity index (χ1n) is 25.8. The number of rotatable bonds is 46. The van der Waals surface area contributed by atoms with Crippen LogP contribution in [-0.4, -0.2) is 37.2 Å². The van der Waals surface area contributed by atoms with Crippen molar-refractivity contribution in [3.63, 3.8) is 0 Å². The van der Waals surface area contributed by atoms with Gasteiger partial charge in [0.1, 0.15) is 13.2 Å². The topological polar surface area (TPSA) is 78.9 Å². The van der Waals surface area contributed by atoms with Crippen LogP contribution in [0.15, 0.2) is 60.8 Å². The summed E-state index contributed by atoms with van der Waals surface area (Å²) in [5.74, 6) is -0.942. The summed E-state index contributed by atoms with van der Waals surface area (Å²) in [5, 5.41) is 0. The van der Waals surface area contributed by atoms with Crippen molar-refractivity contribution in [2.24, 2.45) is 0 Å². The van der Waals surface area contributed by atoms with Crippen molar-refractivity contribution in [3.8, 4) is 0 Å². The molecule has 0 aliphatic carbocycles. The maximum absolute atomic E-state index is 12.8. The van der Waals surface area contributed by atoms with Gasteiger partial charge in [0.15, 0.2) is 6.10 Å². The third kappa shape index (κ3) is 48.0. The molecular weight excluding hydrogens is 757 g/mol. The average molecular weight is 853 g/mol. The molecular formula is C55H96O6. The number of carbonyl (C=O) groups excluding carboxylic acids is 3. The van der Waals surface area contributed by atoms with Gasteiger partial charge in [-0.3, -0.25) is 14.4 Å². The minimum atomic E-state index is -0.792. The number of allylic oxidation sites excluding steroid dienone is 10. The van der Waals surface area contributed by atoms with E-state index in [9.17, 15) is 14.4 Å². The van der Waals surface area contributed by atoms with Crippen molar-refractivity contribution in [2.75, 3.05) is 13.2 Å². The Morgan fingerprint density at radius 3 is 1.00 bits per heavy atom. The van der Waals surface area contributed by atoms with Gasteiger partial charge in [-0.2, -0.15) is 0 Å². The van der Waals surface area contributed by atoms with Gasteiger partial charge in [-0.25, -0.2) is 0 Å². The Balaban J connectivity index is 4.44. The normalized spacial score (nSPS) is 12.5. The predicted molar refractivity (Wildman–Crippen MR) is 261 cm³/mol. The van der Waals surface area contributed by atoms with Crippen molar-refractivity contribution in [1.82, 2.24) is 0 Å². The highest BCUT2D eigenvalue weighted by Crippen LogP contribution is 2.15. The summed E-state index contributed by atoms with van der Waals surface area (Å²) in [6.07, 6.45) is 60.6. The van der Waals surface area contributed by atoms with E-state index in [0.29, 0.717) is 19.3 Å². The lowest BCUT2D eigenvalue weighted by atomic mass is 10.0. The molecule has 0 amide bonds. The summed E-state index contributed by atoms with van der Waals surface area (Å²) >= 11 is 0. The maximum atomic E-state index is 12.8. The van der Waals surface area contributed by atoms with Crippen molar-refractivity contribution in [2.45, 2.75) is 258 Å². The molecule has 0 aromatic rings. The van der Waals surface area contributed by atoms with Crippen LogP contribution in [-0.2, 0) is 28.6 Å². The standard InChI is InChI=1S/C55H96O6/c1-4-7-10-13-16-19-22-25-26-27-28-31-33-36-39-42-45-48-54(57)60-51-52(61-55(58)49-46-43-40-37-34-30-24-21-18-15-12-9-6-3)50-59-53(56)47-44-41-38-35-32-29-23-20-17-14-11-8-5-2/h7,10,16,19,25-26,28,31,36,39,52H,4-6,8-9,11-15,17-18,20-24,27,29-30,32-35,37-38,40-51H2,1-3H3/b10-7-,19-16-,26-25-,31-28-,39-36-. The molecule has 0 aromatic carbocycles. The highest BCUT2D eigenvalue weighted by atomic mass is 16.6. The van der Waals surface area contributed by atoms with E-state index in [2.05, 4.69) is 81.5 Å². The molecule has 0 spiro atoms. The minimum Gasteiger partial charge on any atom is -0.462 e. The fourth-order valence-electron chi connectivity index (χ4n) is 7.18. The van der Waals surface area contributed by atoms with Crippen LogP contribution in [0.5, 0.6) is 0 Å². The number of carbonyl (C=O) groups is 3. The molecule has 0 saturated carbocycles. The van der Waals surface area contributed by atoms with E-state index in [4.69, 9.17) is 14.2 Å². The minimum absolute atomic E-state index is 0.0884. The second kappa shape index (κ2) is 49.8. The molecule has 0 aliphatic heterocycles. The van der Waals surface area contributed by atoms with Crippen LogP contribution in [0, 0.1) is 0 Å². The predicted octanol–water partition coefficient (Wildman–Crippen LogP) is 16.9. The highest BCUT2D eigenvalue weighted by molar-refractivity contribution is 5.71. The fourth-order valence-corrected chi connectivity index (χ4v) is 7.18. The largest absolute Gasteiger partial charge is 0.462 e. The SMILES string of the molecule is CC/C=C\C/C=C\C/C=C\C/C=C\C/C=C\CCCC(=O)OCC(COC(=O)CCCCCCCCCCCCCCC)OC(=O)CCCCCCCCCCCCCCC. The van der Waals surface area contributed by atoms with E-state index in [-0.39, 0.29) is 37.5 Å². The van der Waals surface area contributed by atoms with Crippen molar-refractivity contribution < 1.29 is 28.6 Å². The molecule has 0 radical (unpaired) electrons. The van der Waals surface area contributed by atoms with Crippen LogP contribution < -0.4 is 0 Å². The van der Waals surface area contributed by atoms with Crippen molar-refractivity contribution in [1.29, 1.82) is 0 Å². The molecule has 0 rings (SSSR count). The Bertz CT molecular complexity index is 1120. The first-order valence-corrected chi connectivity index (χ1v) is 25.8. The van der Waals surface area contributed by atoms with Gasteiger partial charge in [-0.1, -0.05) is 236 Å². The smallest absolute Gasteiger partial charge is 0.306 e. The lowest BCUT2D eigenvalue weighted by molar-refractivity contribution is -0.167. The molecule has 0 aliphatic rings. The van der Waals surface area contributed by atoms with Crippen LogP contribution in [0.2, 0.25) is 0 Å². The Morgan fingerprint density at radius 2 is 0.639 bits per heavy atom. The summed E-state index contributed by atoms with van der Waals surface area (Å²) in [6, 6.07) is 0. The summed E-state index contributed by atoms with van der Waals surface area (Å²) in [6.45, 7) is 6.48. The van der Waals surface area contributed by atoms with Crippen molar-refractivity contribution in [3.05, 3.63) is 60.8 Å². The van der Waals surface area contributed by atoms with E-state index in [1.165, 1.54) is 128 Å². The molecule has 0 N–H and O–H groups in total. The van der Waals surface area contributed by atoms with Gasteiger partial charge >= 0.3 is 17.9 Å². The molecule has 352 valence electrons. The maximum Gasteiger partial charge on any atom is 0.306 e. The number of esters is 3. The Morgan fingerprint density at radius 1 is 0.344 bits per heavy atom. The van der Waals surface area contributed by atoms with Crippen molar-refractivity contribution >= 4 is 17.9 Å². The van der Waals surface area contributed by atoms with E-state index < -0.39 is 6.10 Å². The molecule has 1 atom stereocenters. The van der Waals surface area contributed by atoms with Gasteiger partial charge in [-0.05, 0) is 57.8 Å². The second-order valence-electron chi connectivity index (χ2n) is 17.1. The number of ether oxygens (including phenoxy) is 3. The fraction of sp³-hybridized carbons (Fsp3) is 0.764. The van der Waals surface area contributed by atoms with E-state index in [1.807, 2.05) is 0 Å². The molecule has 6 heteroatoms. The lowest BCUT2D eigenvalue weighted by Gasteiger charge is -2.18. The number of unbranched alkanes of at least 4 members (excludes halogenated alkanes) is 25. The van der Waals surface area contributed by atoms with E-state index in [1.54, 1.807) is 0 Å². The Kier molecular flexibility index (Phi) is 47.4. The second-order valence-corrected chi connectivity index (χ2v) is 17.1. The Hall–Kier alpha value is -2.89. The summed E-state index contributed by atoms with van der Waals surface area (Å²) in [7, 11) is 0. The van der Waals surface area contributed by atoms with Gasteiger partial charge < -0.3 is 14.2 Å². The van der Waals surface area contributed by atoms with E-state index >= 15 is 0 Å². The van der Waals surface area contributed by atoms with Crippen LogP contribution in [0.25, 0.3) is 0 Å². The Labute approximate surface area is 377 Å². The first-order chi connectivity index (χ1) is 30.0.